The highest BCUT2D eigenvalue weighted by molar-refractivity contribution is 5.93. The van der Waals surface area contributed by atoms with Gasteiger partial charge in [-0.1, -0.05) is 0 Å². The number of ether oxygens (including phenoxy) is 4. The number of hydrogen-bond donors (Lipinski definition) is 11. The van der Waals surface area contributed by atoms with Crippen LogP contribution in [0, 0.1) is 0 Å². The minimum absolute atomic E-state index is 0.140. The maximum atomic E-state index is 13.3. The second kappa shape index (κ2) is 11.9. The first-order valence-corrected chi connectivity index (χ1v) is 13.2. The van der Waals surface area contributed by atoms with E-state index < -0.39 is 125 Å². The number of hydrogen-bond acceptors (Lipinski definition) is 17. The molecule has 2 aliphatic rings. The first kappa shape index (κ1) is 31.5. The van der Waals surface area contributed by atoms with E-state index in [1.807, 2.05) is 0 Å². The zero-order chi connectivity index (χ0) is 32.2. The molecule has 1 aromatic heterocycles. The van der Waals surface area contributed by atoms with Crippen molar-refractivity contribution in [3.63, 3.8) is 0 Å². The molecule has 17 nitrogen and oxygen atoms in total. The van der Waals surface area contributed by atoms with Crippen molar-refractivity contribution < 1.29 is 79.5 Å². The predicted octanol–water partition coefficient (Wildman–Crippen LogP) is -2.33. The zero-order valence-electron chi connectivity index (χ0n) is 22.7. The summed E-state index contributed by atoms with van der Waals surface area (Å²) in [7, 11) is 0. The van der Waals surface area contributed by atoms with Crippen LogP contribution in [-0.4, -0.2) is 124 Å². The van der Waals surface area contributed by atoms with Crippen molar-refractivity contribution >= 4 is 11.0 Å². The molecule has 2 fully saturated rings. The van der Waals surface area contributed by atoms with Crippen LogP contribution in [0.1, 0.15) is 6.92 Å². The Kier molecular flexibility index (Phi) is 8.51. The summed E-state index contributed by atoms with van der Waals surface area (Å²) < 4.78 is 28.0. The van der Waals surface area contributed by atoms with Gasteiger partial charge >= 0.3 is 0 Å². The normalized spacial score (nSPS) is 32.5. The van der Waals surface area contributed by atoms with Crippen LogP contribution in [0.3, 0.4) is 0 Å². The van der Waals surface area contributed by atoms with Gasteiger partial charge in [-0.2, -0.15) is 0 Å². The third kappa shape index (κ3) is 5.34. The lowest BCUT2D eigenvalue weighted by molar-refractivity contribution is -0.279. The Balaban J connectivity index is 1.71. The fourth-order valence-corrected chi connectivity index (χ4v) is 4.87. The van der Waals surface area contributed by atoms with Gasteiger partial charge < -0.3 is 79.5 Å². The molecule has 10 atom stereocenters. The van der Waals surface area contributed by atoms with E-state index in [9.17, 15) is 61.0 Å². The SMILES string of the molecule is C[C@@H]1O[C@H](Oc2cc(O)c3c(=O)c(O)c(-c4ccc(O)c(O)c4)oc3c2O[C@@H]2O[C@H](CO)[C@@H](O)[C@H](O)[C@H]2O)[C@H](O)[C@H](O)[C@H]1O. The van der Waals surface area contributed by atoms with E-state index >= 15 is 0 Å². The molecule has 2 aromatic carbocycles. The lowest BCUT2D eigenvalue weighted by Crippen LogP contribution is -2.60. The summed E-state index contributed by atoms with van der Waals surface area (Å²) in [5, 5.41) is 112. The monoisotopic (exact) mass is 626 g/mol. The lowest BCUT2D eigenvalue weighted by Gasteiger charge is -2.40. The third-order valence-corrected chi connectivity index (χ3v) is 7.41. The first-order valence-electron chi connectivity index (χ1n) is 13.2. The number of aromatic hydroxyl groups is 4. The zero-order valence-corrected chi connectivity index (χ0v) is 22.7. The summed E-state index contributed by atoms with van der Waals surface area (Å²) in [6.07, 6.45) is -17.0. The van der Waals surface area contributed by atoms with Crippen molar-refractivity contribution in [2.75, 3.05) is 6.61 Å². The maximum absolute atomic E-state index is 13.3. The Morgan fingerprint density at radius 3 is 2.02 bits per heavy atom. The molecule has 240 valence electrons. The number of aliphatic hydroxyl groups excluding tert-OH is 7. The molecular formula is C27H30O17. The number of fused-ring (bicyclic) bond motifs is 1. The van der Waals surface area contributed by atoms with E-state index in [1.54, 1.807) is 0 Å². The molecule has 0 spiro atoms. The van der Waals surface area contributed by atoms with Crippen LogP contribution in [0.2, 0.25) is 0 Å². The van der Waals surface area contributed by atoms with Gasteiger partial charge in [-0.15, -0.1) is 0 Å². The predicted molar refractivity (Wildman–Crippen MR) is 142 cm³/mol. The van der Waals surface area contributed by atoms with Crippen LogP contribution < -0.4 is 14.9 Å². The Morgan fingerprint density at radius 2 is 1.39 bits per heavy atom. The molecule has 3 heterocycles. The highest BCUT2D eigenvalue weighted by atomic mass is 16.7. The van der Waals surface area contributed by atoms with Crippen LogP contribution in [0.5, 0.6) is 34.5 Å². The van der Waals surface area contributed by atoms with Gasteiger partial charge in [-0.05, 0) is 25.1 Å². The Morgan fingerprint density at radius 1 is 0.750 bits per heavy atom. The third-order valence-electron chi connectivity index (χ3n) is 7.41. The van der Waals surface area contributed by atoms with Gasteiger partial charge in [0.1, 0.15) is 53.9 Å². The standard InChI is InChI=1S/C27H30O17/c1-7-15(32)18(35)21(38)26(40-7)41-12-5-11(31)14-17(34)20(37)23(8-2-3-9(29)10(30)4-8)43-25(14)24(12)44-27-22(39)19(36)16(33)13(6-28)42-27/h2-5,7,13,15-16,18-19,21-22,26-33,35-39H,6H2,1H3/t7-,13+,15-,16+,18+,19-,21+,22+,26+,27-/m0/s1. The summed E-state index contributed by atoms with van der Waals surface area (Å²) in [5.41, 5.74) is -2.04. The van der Waals surface area contributed by atoms with Crippen LogP contribution >= 0.6 is 0 Å². The van der Waals surface area contributed by atoms with E-state index in [4.69, 9.17) is 23.4 Å². The van der Waals surface area contributed by atoms with E-state index in [1.165, 1.54) is 6.92 Å². The minimum Gasteiger partial charge on any atom is -0.507 e. The fourth-order valence-electron chi connectivity index (χ4n) is 4.87. The minimum atomic E-state index is -1.99. The summed E-state index contributed by atoms with van der Waals surface area (Å²) in [4.78, 5) is 13.3. The maximum Gasteiger partial charge on any atom is 0.238 e. The second-order valence-corrected chi connectivity index (χ2v) is 10.4. The van der Waals surface area contributed by atoms with Gasteiger partial charge in [0.15, 0.2) is 28.6 Å². The van der Waals surface area contributed by atoms with Crippen molar-refractivity contribution in [1.82, 2.24) is 0 Å². The molecule has 0 saturated carbocycles. The number of benzene rings is 2. The summed E-state index contributed by atoms with van der Waals surface area (Å²) in [5.74, 6) is -4.95. The van der Waals surface area contributed by atoms with E-state index in [0.717, 1.165) is 24.3 Å². The average Bonchev–Trinajstić information content (AvgIpc) is 2.99. The van der Waals surface area contributed by atoms with Crippen molar-refractivity contribution in [3.05, 3.63) is 34.5 Å². The van der Waals surface area contributed by atoms with Gasteiger partial charge in [0.25, 0.3) is 0 Å². The van der Waals surface area contributed by atoms with Crippen molar-refractivity contribution in [1.29, 1.82) is 0 Å². The van der Waals surface area contributed by atoms with E-state index in [-0.39, 0.29) is 5.56 Å². The fraction of sp³-hybridized carbons (Fsp3) is 0.444. The quantitative estimate of drug-likeness (QED) is 0.128. The topological polar surface area (TPSA) is 290 Å². The molecule has 2 aliphatic heterocycles. The molecule has 5 rings (SSSR count). The first-order chi connectivity index (χ1) is 20.7. The van der Waals surface area contributed by atoms with Gasteiger partial charge in [-0.3, -0.25) is 4.79 Å². The molecular weight excluding hydrogens is 596 g/mol. The molecule has 0 amide bonds. The van der Waals surface area contributed by atoms with Crippen LogP contribution in [0.4, 0.5) is 0 Å². The van der Waals surface area contributed by atoms with Crippen LogP contribution in [0.15, 0.2) is 33.5 Å². The van der Waals surface area contributed by atoms with Crippen molar-refractivity contribution in [2.45, 2.75) is 68.3 Å². The summed E-state index contributed by atoms with van der Waals surface area (Å²) in [6.45, 7) is 0.530. The van der Waals surface area contributed by atoms with Gasteiger partial charge in [0, 0.05) is 11.6 Å². The molecule has 0 unspecified atom stereocenters. The van der Waals surface area contributed by atoms with Crippen molar-refractivity contribution in [3.8, 4) is 45.8 Å². The van der Waals surface area contributed by atoms with E-state index in [0.29, 0.717) is 0 Å². The average molecular weight is 627 g/mol. The molecule has 0 bridgehead atoms. The molecule has 44 heavy (non-hydrogen) atoms. The number of aliphatic hydroxyl groups is 7. The van der Waals surface area contributed by atoms with Crippen molar-refractivity contribution in [2.24, 2.45) is 0 Å². The summed E-state index contributed by atoms with van der Waals surface area (Å²) in [6, 6.07) is 3.91. The number of phenolic OH excluding ortho intramolecular Hbond substituents is 3. The molecule has 17 heteroatoms. The molecule has 2 saturated heterocycles. The van der Waals surface area contributed by atoms with Gasteiger partial charge in [0.2, 0.25) is 29.5 Å². The highest BCUT2D eigenvalue weighted by Crippen LogP contribution is 2.46. The van der Waals surface area contributed by atoms with Gasteiger partial charge in [-0.25, -0.2) is 0 Å². The Hall–Kier alpha value is -3.91. The molecule has 11 N–H and O–H groups in total. The van der Waals surface area contributed by atoms with E-state index in [2.05, 4.69) is 0 Å². The molecule has 3 aromatic rings. The largest absolute Gasteiger partial charge is 0.507 e. The van der Waals surface area contributed by atoms with Crippen LogP contribution in [0.25, 0.3) is 22.3 Å². The van der Waals surface area contributed by atoms with Gasteiger partial charge in [0.05, 0.1) is 12.7 Å². The Bertz CT molecular complexity index is 1590. The lowest BCUT2D eigenvalue weighted by atomic mass is 9.99. The molecule has 0 aliphatic carbocycles. The second-order valence-electron chi connectivity index (χ2n) is 10.4. The molecule has 0 radical (unpaired) electrons. The van der Waals surface area contributed by atoms with Crippen LogP contribution in [-0.2, 0) is 9.47 Å². The number of phenols is 3. The smallest absolute Gasteiger partial charge is 0.238 e. The Labute approximate surface area is 246 Å². The highest BCUT2D eigenvalue weighted by Gasteiger charge is 2.47. The summed E-state index contributed by atoms with van der Waals surface area (Å²) >= 11 is 0. The number of rotatable bonds is 6.